The molecule has 1 aromatic heterocycles. The number of benzene rings is 1. The first-order valence-electron chi connectivity index (χ1n) is 4.85. The molecule has 3 nitrogen and oxygen atoms in total. The van der Waals surface area contributed by atoms with Gasteiger partial charge in [0, 0.05) is 17.1 Å². The fourth-order valence-corrected chi connectivity index (χ4v) is 1.89. The van der Waals surface area contributed by atoms with Crippen molar-refractivity contribution in [3.63, 3.8) is 0 Å². The first-order chi connectivity index (χ1) is 7.67. The summed E-state index contributed by atoms with van der Waals surface area (Å²) in [5.41, 5.74) is 1.68. The summed E-state index contributed by atoms with van der Waals surface area (Å²) >= 11 is 6.20. The van der Waals surface area contributed by atoms with Gasteiger partial charge in [-0.05, 0) is 19.1 Å². The average Bonchev–Trinajstić information content (AvgIpc) is 2.29. The van der Waals surface area contributed by atoms with Gasteiger partial charge in [-0.3, -0.25) is 0 Å². The maximum absolute atomic E-state index is 6.20. The second-order valence-corrected chi connectivity index (χ2v) is 3.82. The van der Waals surface area contributed by atoms with Crippen molar-refractivity contribution in [2.24, 2.45) is 0 Å². The molecule has 1 heterocycles. The monoisotopic (exact) mass is 237 g/mol. The summed E-state index contributed by atoms with van der Waals surface area (Å²) in [6.07, 6.45) is 0. The predicted molar refractivity (Wildman–Crippen MR) is 64.6 cm³/mol. The van der Waals surface area contributed by atoms with Crippen molar-refractivity contribution in [1.29, 1.82) is 0 Å². The maximum atomic E-state index is 6.20. The lowest BCUT2D eigenvalue weighted by atomic mass is 10.1. The second kappa shape index (κ2) is 4.18. The van der Waals surface area contributed by atoms with E-state index >= 15 is 0 Å². The smallest absolute Gasteiger partial charge is 0.148 e. The number of halogens is 1. The van der Waals surface area contributed by atoms with E-state index in [9.17, 15) is 0 Å². The molecule has 4 heteroatoms. The molecule has 0 saturated heterocycles. The van der Waals surface area contributed by atoms with Crippen LogP contribution < -0.4 is 9.47 Å². The highest BCUT2D eigenvalue weighted by Gasteiger charge is 2.12. The van der Waals surface area contributed by atoms with Crippen LogP contribution in [0.1, 0.15) is 5.69 Å². The molecule has 0 unspecified atom stereocenters. The van der Waals surface area contributed by atoms with Crippen LogP contribution in [0.5, 0.6) is 11.5 Å². The number of nitrogens with zero attached hydrogens (tertiary/aromatic N) is 1. The third kappa shape index (κ3) is 1.67. The van der Waals surface area contributed by atoms with Gasteiger partial charge >= 0.3 is 0 Å². The lowest BCUT2D eigenvalue weighted by molar-refractivity contribution is 0.397. The third-order valence-electron chi connectivity index (χ3n) is 2.42. The van der Waals surface area contributed by atoms with E-state index in [2.05, 4.69) is 4.98 Å². The number of aromatic nitrogens is 1. The number of rotatable bonds is 2. The van der Waals surface area contributed by atoms with E-state index in [1.807, 2.05) is 19.1 Å². The maximum Gasteiger partial charge on any atom is 0.148 e. The lowest BCUT2D eigenvalue weighted by Gasteiger charge is -2.10. The summed E-state index contributed by atoms with van der Waals surface area (Å²) < 4.78 is 10.5. The Labute approximate surface area is 99.0 Å². The van der Waals surface area contributed by atoms with E-state index in [-0.39, 0.29) is 0 Å². The van der Waals surface area contributed by atoms with Gasteiger partial charge in [0.25, 0.3) is 0 Å². The van der Waals surface area contributed by atoms with E-state index in [4.69, 9.17) is 21.1 Å². The Bertz CT molecular complexity index is 540. The molecule has 0 aliphatic rings. The number of hydrogen-bond acceptors (Lipinski definition) is 3. The fraction of sp³-hybridized carbons (Fsp3) is 0.250. The Morgan fingerprint density at radius 3 is 2.44 bits per heavy atom. The molecule has 0 spiro atoms. The molecule has 84 valence electrons. The lowest BCUT2D eigenvalue weighted by Crippen LogP contribution is -1.93. The van der Waals surface area contributed by atoms with Crippen molar-refractivity contribution in [2.45, 2.75) is 6.92 Å². The minimum atomic E-state index is 0.561. The number of aryl methyl sites for hydroxylation is 1. The van der Waals surface area contributed by atoms with Crippen molar-refractivity contribution in [3.05, 3.63) is 28.9 Å². The Balaban J connectivity index is 2.85. The Kier molecular flexibility index (Phi) is 2.88. The molecule has 0 aliphatic carbocycles. The minimum Gasteiger partial charge on any atom is -0.495 e. The fourth-order valence-electron chi connectivity index (χ4n) is 1.61. The Morgan fingerprint density at radius 1 is 1.12 bits per heavy atom. The third-order valence-corrected chi connectivity index (χ3v) is 2.81. The zero-order valence-electron chi connectivity index (χ0n) is 9.37. The summed E-state index contributed by atoms with van der Waals surface area (Å²) in [7, 11) is 3.18. The van der Waals surface area contributed by atoms with E-state index < -0.39 is 0 Å². The second-order valence-electron chi connectivity index (χ2n) is 3.44. The van der Waals surface area contributed by atoms with Gasteiger partial charge in [0.2, 0.25) is 0 Å². The molecular weight excluding hydrogens is 226 g/mol. The Hall–Kier alpha value is -1.48. The van der Waals surface area contributed by atoms with E-state index in [1.54, 1.807) is 20.3 Å². The highest BCUT2D eigenvalue weighted by atomic mass is 35.5. The highest BCUT2D eigenvalue weighted by Crippen LogP contribution is 2.38. The standard InChI is InChI=1S/C12H12ClNO2/c1-7-4-5-8-11(13)9(15-2)6-10(16-3)12(8)14-7/h4-6H,1-3H3. The van der Waals surface area contributed by atoms with Gasteiger partial charge in [-0.25, -0.2) is 4.98 Å². The molecule has 0 amide bonds. The summed E-state index contributed by atoms with van der Waals surface area (Å²) in [6, 6.07) is 5.58. The average molecular weight is 238 g/mol. The van der Waals surface area contributed by atoms with Gasteiger partial charge in [-0.2, -0.15) is 0 Å². The zero-order chi connectivity index (χ0) is 11.7. The number of ether oxygens (including phenoxy) is 2. The summed E-state index contributed by atoms with van der Waals surface area (Å²) in [6.45, 7) is 1.93. The molecule has 2 aromatic rings. The van der Waals surface area contributed by atoms with Crippen molar-refractivity contribution < 1.29 is 9.47 Å². The molecule has 0 saturated carbocycles. The first-order valence-corrected chi connectivity index (χ1v) is 5.23. The van der Waals surface area contributed by atoms with Gasteiger partial charge in [-0.1, -0.05) is 11.6 Å². The van der Waals surface area contributed by atoms with E-state index in [0.29, 0.717) is 16.5 Å². The number of fused-ring (bicyclic) bond motifs is 1. The van der Waals surface area contributed by atoms with Crippen LogP contribution in [0.3, 0.4) is 0 Å². The first kappa shape index (κ1) is 11.0. The molecule has 0 radical (unpaired) electrons. The molecule has 0 aliphatic heterocycles. The van der Waals surface area contributed by atoms with Crippen molar-refractivity contribution in [2.75, 3.05) is 14.2 Å². The largest absolute Gasteiger partial charge is 0.495 e. The Morgan fingerprint density at radius 2 is 1.81 bits per heavy atom. The highest BCUT2D eigenvalue weighted by molar-refractivity contribution is 6.37. The number of methoxy groups -OCH3 is 2. The van der Waals surface area contributed by atoms with Crippen LogP contribution in [0.2, 0.25) is 5.02 Å². The van der Waals surface area contributed by atoms with E-state index in [0.717, 1.165) is 16.6 Å². The van der Waals surface area contributed by atoms with Crippen LogP contribution in [-0.4, -0.2) is 19.2 Å². The molecule has 0 atom stereocenters. The zero-order valence-corrected chi connectivity index (χ0v) is 10.1. The van der Waals surface area contributed by atoms with Crippen molar-refractivity contribution in [1.82, 2.24) is 4.98 Å². The van der Waals surface area contributed by atoms with Gasteiger partial charge < -0.3 is 9.47 Å². The number of pyridine rings is 1. The molecule has 16 heavy (non-hydrogen) atoms. The normalized spacial score (nSPS) is 10.5. The molecule has 0 N–H and O–H groups in total. The van der Waals surface area contributed by atoms with Crippen LogP contribution in [0, 0.1) is 6.92 Å². The van der Waals surface area contributed by atoms with Crippen LogP contribution in [0.4, 0.5) is 0 Å². The van der Waals surface area contributed by atoms with Crippen LogP contribution in [0.25, 0.3) is 10.9 Å². The predicted octanol–water partition coefficient (Wildman–Crippen LogP) is 3.21. The molecule has 0 bridgehead atoms. The van der Waals surface area contributed by atoms with Gasteiger partial charge in [0.1, 0.15) is 17.0 Å². The molecule has 2 rings (SSSR count). The topological polar surface area (TPSA) is 31.4 Å². The molecule has 1 aromatic carbocycles. The van der Waals surface area contributed by atoms with Gasteiger partial charge in [-0.15, -0.1) is 0 Å². The minimum absolute atomic E-state index is 0.561. The quantitative estimate of drug-likeness (QED) is 0.804. The summed E-state index contributed by atoms with van der Waals surface area (Å²) in [4.78, 5) is 4.42. The van der Waals surface area contributed by atoms with E-state index in [1.165, 1.54) is 0 Å². The summed E-state index contributed by atoms with van der Waals surface area (Å²) in [5.74, 6) is 1.26. The van der Waals surface area contributed by atoms with Gasteiger partial charge in [0.15, 0.2) is 0 Å². The SMILES string of the molecule is COc1cc(OC)c2nc(C)ccc2c1Cl. The van der Waals surface area contributed by atoms with Crippen LogP contribution in [-0.2, 0) is 0 Å². The van der Waals surface area contributed by atoms with Crippen molar-refractivity contribution in [3.8, 4) is 11.5 Å². The van der Waals surface area contributed by atoms with Gasteiger partial charge in [0.05, 0.1) is 19.2 Å². The van der Waals surface area contributed by atoms with Crippen LogP contribution >= 0.6 is 11.6 Å². The number of hydrogen-bond donors (Lipinski definition) is 0. The van der Waals surface area contributed by atoms with Crippen LogP contribution in [0.15, 0.2) is 18.2 Å². The summed E-state index contributed by atoms with van der Waals surface area (Å²) in [5, 5.41) is 1.40. The molecular formula is C12H12ClNO2. The van der Waals surface area contributed by atoms with Crippen molar-refractivity contribution >= 4 is 22.5 Å². The molecule has 0 fully saturated rings.